The fourth-order valence-electron chi connectivity index (χ4n) is 4.78. The standard InChI is InChI=1S/C27H34Cl3N3O4S/c1-3-25(27(35)31-20-10-4-5-11-20)32(18-22-23(29)13-7-14-24(22)30)26(34)15-8-16-33(38(2,36)37)21-12-6-9-19(28)17-21/h6-7,9,12-14,17,20,25H,3-5,8,10-11,15-16,18H2,1-2H3,(H,31,35)/t25-/m1/s1. The third-order valence-corrected chi connectivity index (χ3v) is 8.86. The van der Waals surface area contributed by atoms with Crippen molar-refractivity contribution in [1.29, 1.82) is 0 Å². The number of nitrogens with zero attached hydrogens (tertiary/aromatic N) is 2. The average molecular weight is 603 g/mol. The highest BCUT2D eigenvalue weighted by molar-refractivity contribution is 7.92. The van der Waals surface area contributed by atoms with Crippen molar-refractivity contribution in [1.82, 2.24) is 10.2 Å². The molecule has 2 aromatic carbocycles. The van der Waals surface area contributed by atoms with Crippen LogP contribution in [0, 0.1) is 0 Å². The van der Waals surface area contributed by atoms with Crippen molar-refractivity contribution in [3.8, 4) is 0 Å². The molecule has 208 valence electrons. The maximum absolute atomic E-state index is 13.6. The Morgan fingerprint density at radius 1 is 1.05 bits per heavy atom. The van der Waals surface area contributed by atoms with Crippen LogP contribution in [0.2, 0.25) is 15.1 Å². The number of benzene rings is 2. The van der Waals surface area contributed by atoms with Gasteiger partial charge in [0.2, 0.25) is 21.8 Å². The van der Waals surface area contributed by atoms with E-state index < -0.39 is 16.1 Å². The Balaban J connectivity index is 1.80. The van der Waals surface area contributed by atoms with Gasteiger partial charge in [-0.3, -0.25) is 13.9 Å². The van der Waals surface area contributed by atoms with Crippen LogP contribution < -0.4 is 9.62 Å². The van der Waals surface area contributed by atoms with Gasteiger partial charge in [-0.15, -0.1) is 0 Å². The SMILES string of the molecule is CC[C@H](C(=O)NC1CCCC1)N(Cc1c(Cl)cccc1Cl)C(=O)CCCN(c1cccc(Cl)c1)S(C)(=O)=O. The molecule has 0 saturated heterocycles. The van der Waals surface area contributed by atoms with Gasteiger partial charge in [0.05, 0.1) is 11.9 Å². The first-order valence-corrected chi connectivity index (χ1v) is 15.8. The fraction of sp³-hybridized carbons (Fsp3) is 0.481. The molecule has 0 heterocycles. The van der Waals surface area contributed by atoms with E-state index in [4.69, 9.17) is 34.8 Å². The minimum atomic E-state index is -3.61. The molecule has 0 bridgehead atoms. The highest BCUT2D eigenvalue weighted by Crippen LogP contribution is 2.28. The molecule has 0 aliphatic heterocycles. The lowest BCUT2D eigenvalue weighted by atomic mass is 10.1. The van der Waals surface area contributed by atoms with Crippen LogP contribution in [0.1, 0.15) is 57.4 Å². The van der Waals surface area contributed by atoms with Gasteiger partial charge in [0.1, 0.15) is 6.04 Å². The molecular weight excluding hydrogens is 569 g/mol. The van der Waals surface area contributed by atoms with Crippen molar-refractivity contribution < 1.29 is 18.0 Å². The molecule has 1 N–H and O–H groups in total. The van der Waals surface area contributed by atoms with Gasteiger partial charge in [0.25, 0.3) is 0 Å². The van der Waals surface area contributed by atoms with Gasteiger partial charge in [-0.2, -0.15) is 0 Å². The second kappa shape index (κ2) is 13.9. The monoisotopic (exact) mass is 601 g/mol. The third-order valence-electron chi connectivity index (χ3n) is 6.73. The van der Waals surface area contributed by atoms with E-state index in [1.807, 2.05) is 6.92 Å². The number of hydrogen-bond donors (Lipinski definition) is 1. The summed E-state index contributed by atoms with van der Waals surface area (Å²) in [5.74, 6) is -0.485. The van der Waals surface area contributed by atoms with E-state index in [1.165, 1.54) is 9.21 Å². The Kier molecular flexibility index (Phi) is 11.2. The predicted octanol–water partition coefficient (Wildman–Crippen LogP) is 6.06. The predicted molar refractivity (Wildman–Crippen MR) is 154 cm³/mol. The third kappa shape index (κ3) is 8.25. The number of nitrogens with one attached hydrogen (secondary N) is 1. The van der Waals surface area contributed by atoms with Crippen LogP contribution in [-0.4, -0.2) is 50.0 Å². The Morgan fingerprint density at radius 2 is 1.68 bits per heavy atom. The molecule has 1 aliphatic rings. The molecule has 3 rings (SSSR count). The van der Waals surface area contributed by atoms with Crippen molar-refractivity contribution in [3.05, 3.63) is 63.1 Å². The van der Waals surface area contributed by atoms with Crippen LogP contribution >= 0.6 is 34.8 Å². The Labute approximate surface area is 240 Å². The van der Waals surface area contributed by atoms with E-state index in [2.05, 4.69) is 5.32 Å². The van der Waals surface area contributed by atoms with Gasteiger partial charge in [0, 0.05) is 46.2 Å². The fourth-order valence-corrected chi connectivity index (χ4v) is 6.43. The zero-order valence-corrected chi connectivity index (χ0v) is 24.7. The number of carbonyl (C=O) groups is 2. The highest BCUT2D eigenvalue weighted by atomic mass is 35.5. The molecule has 1 saturated carbocycles. The summed E-state index contributed by atoms with van der Waals surface area (Å²) in [5.41, 5.74) is 0.988. The van der Waals surface area contributed by atoms with Crippen molar-refractivity contribution in [3.63, 3.8) is 0 Å². The molecule has 0 radical (unpaired) electrons. The normalized spacial score (nSPS) is 14.8. The molecule has 7 nitrogen and oxygen atoms in total. The first-order valence-electron chi connectivity index (χ1n) is 12.8. The van der Waals surface area contributed by atoms with Crippen LogP contribution in [0.3, 0.4) is 0 Å². The smallest absolute Gasteiger partial charge is 0.243 e. The number of rotatable bonds is 12. The summed E-state index contributed by atoms with van der Waals surface area (Å²) in [6.07, 6.45) is 5.79. The summed E-state index contributed by atoms with van der Waals surface area (Å²) < 4.78 is 26.2. The maximum Gasteiger partial charge on any atom is 0.243 e. The van der Waals surface area contributed by atoms with Crippen LogP contribution in [0.5, 0.6) is 0 Å². The van der Waals surface area contributed by atoms with E-state index in [-0.39, 0.29) is 43.8 Å². The maximum atomic E-state index is 13.6. The van der Waals surface area contributed by atoms with Crippen molar-refractivity contribution in [2.24, 2.45) is 0 Å². The molecule has 2 amide bonds. The Bertz CT molecular complexity index is 1220. The zero-order chi connectivity index (χ0) is 27.9. The molecule has 1 fully saturated rings. The van der Waals surface area contributed by atoms with Gasteiger partial charge in [-0.25, -0.2) is 8.42 Å². The van der Waals surface area contributed by atoms with Gasteiger partial charge in [-0.05, 0) is 56.0 Å². The molecule has 1 aliphatic carbocycles. The van der Waals surface area contributed by atoms with E-state index in [0.29, 0.717) is 32.7 Å². The minimum Gasteiger partial charge on any atom is -0.352 e. The topological polar surface area (TPSA) is 86.8 Å². The molecule has 38 heavy (non-hydrogen) atoms. The van der Waals surface area contributed by atoms with Crippen LogP contribution in [-0.2, 0) is 26.2 Å². The first-order chi connectivity index (χ1) is 18.0. The van der Waals surface area contributed by atoms with Crippen LogP contribution in [0.15, 0.2) is 42.5 Å². The second-order valence-corrected chi connectivity index (χ2v) is 12.7. The van der Waals surface area contributed by atoms with E-state index in [0.717, 1.165) is 31.9 Å². The molecular formula is C27H34Cl3N3O4S. The summed E-state index contributed by atoms with van der Waals surface area (Å²) in [7, 11) is -3.61. The lowest BCUT2D eigenvalue weighted by Gasteiger charge is -2.32. The van der Waals surface area contributed by atoms with Crippen LogP contribution in [0.4, 0.5) is 5.69 Å². The molecule has 1 atom stereocenters. The number of hydrogen-bond acceptors (Lipinski definition) is 4. The summed E-state index contributed by atoms with van der Waals surface area (Å²) in [6, 6.07) is 11.1. The van der Waals surface area contributed by atoms with E-state index in [9.17, 15) is 18.0 Å². The summed E-state index contributed by atoms with van der Waals surface area (Å²) in [6.45, 7) is 2.01. The average Bonchev–Trinajstić information content (AvgIpc) is 3.35. The minimum absolute atomic E-state index is 0.0296. The zero-order valence-electron chi connectivity index (χ0n) is 21.6. The van der Waals surface area contributed by atoms with Crippen molar-refractivity contribution in [2.45, 2.75) is 70.5 Å². The Morgan fingerprint density at radius 3 is 2.26 bits per heavy atom. The summed E-state index contributed by atoms with van der Waals surface area (Å²) in [5, 5.41) is 4.33. The van der Waals surface area contributed by atoms with Crippen LogP contribution in [0.25, 0.3) is 0 Å². The lowest BCUT2D eigenvalue weighted by Crippen LogP contribution is -2.51. The lowest BCUT2D eigenvalue weighted by molar-refractivity contribution is -0.141. The second-order valence-electron chi connectivity index (χ2n) is 9.55. The quantitative estimate of drug-likeness (QED) is 0.320. The van der Waals surface area contributed by atoms with Gasteiger partial charge in [-0.1, -0.05) is 66.7 Å². The number of amides is 2. The first kappa shape index (κ1) is 30.5. The highest BCUT2D eigenvalue weighted by Gasteiger charge is 2.31. The van der Waals surface area contributed by atoms with Crippen molar-refractivity contribution in [2.75, 3.05) is 17.1 Å². The van der Waals surface area contributed by atoms with E-state index in [1.54, 1.807) is 42.5 Å². The van der Waals surface area contributed by atoms with Crippen molar-refractivity contribution >= 4 is 62.3 Å². The number of sulfonamides is 1. The van der Waals surface area contributed by atoms with Gasteiger partial charge >= 0.3 is 0 Å². The number of anilines is 1. The Hall–Kier alpha value is -2.00. The summed E-state index contributed by atoms with van der Waals surface area (Å²) >= 11 is 18.9. The number of halogens is 3. The molecule has 0 aromatic heterocycles. The number of carbonyl (C=O) groups excluding carboxylic acids is 2. The van der Waals surface area contributed by atoms with Gasteiger partial charge < -0.3 is 10.2 Å². The van der Waals surface area contributed by atoms with E-state index >= 15 is 0 Å². The molecule has 11 heteroatoms. The molecule has 0 unspecified atom stereocenters. The largest absolute Gasteiger partial charge is 0.352 e. The molecule has 0 spiro atoms. The molecule has 2 aromatic rings. The summed E-state index contributed by atoms with van der Waals surface area (Å²) in [4.78, 5) is 28.4. The van der Waals surface area contributed by atoms with Gasteiger partial charge in [0.15, 0.2) is 0 Å².